The number of anilines is 1. The lowest BCUT2D eigenvalue weighted by atomic mass is 9.99. The summed E-state index contributed by atoms with van der Waals surface area (Å²) in [4.78, 5) is 12.7. The van der Waals surface area contributed by atoms with Crippen LogP contribution in [-0.4, -0.2) is 27.1 Å². The first-order valence-corrected chi connectivity index (χ1v) is 11.4. The highest BCUT2D eigenvalue weighted by Gasteiger charge is 2.24. The molecule has 0 radical (unpaired) electrons. The number of rotatable bonds is 7. The first-order valence-electron chi connectivity index (χ1n) is 9.13. The number of aryl methyl sites for hydroxylation is 3. The zero-order valence-electron chi connectivity index (χ0n) is 16.9. The van der Waals surface area contributed by atoms with Crippen LogP contribution in [0.4, 0.5) is 5.69 Å². The standard InChI is InChI=1S/C21H27ClN2O3S/c1-6-19(17-9-7-14(2)16(4)11-17)23-21(25)13-24(28(5,26)27)20-12-18(22)10-8-15(20)3/h7-12,19H,6,13H2,1-5H3,(H,23,25). The van der Waals surface area contributed by atoms with Gasteiger partial charge in [-0.05, 0) is 61.6 Å². The number of nitrogens with one attached hydrogen (secondary N) is 1. The number of nitrogens with zero attached hydrogens (tertiary/aromatic N) is 1. The Labute approximate surface area is 172 Å². The van der Waals surface area contributed by atoms with E-state index >= 15 is 0 Å². The Morgan fingerprint density at radius 3 is 2.29 bits per heavy atom. The van der Waals surface area contributed by atoms with Gasteiger partial charge in [0, 0.05) is 5.02 Å². The number of carbonyl (C=O) groups is 1. The van der Waals surface area contributed by atoms with E-state index in [2.05, 4.69) is 11.4 Å². The number of benzene rings is 2. The molecule has 0 aliphatic carbocycles. The second-order valence-corrected chi connectivity index (χ2v) is 9.42. The first kappa shape index (κ1) is 22.2. The van der Waals surface area contributed by atoms with Crippen molar-refractivity contribution in [2.45, 2.75) is 40.2 Å². The van der Waals surface area contributed by atoms with E-state index in [-0.39, 0.29) is 18.5 Å². The number of hydrogen-bond acceptors (Lipinski definition) is 3. The van der Waals surface area contributed by atoms with Gasteiger partial charge in [0.15, 0.2) is 0 Å². The van der Waals surface area contributed by atoms with Crippen LogP contribution in [0.15, 0.2) is 36.4 Å². The number of hydrogen-bond donors (Lipinski definition) is 1. The van der Waals surface area contributed by atoms with E-state index in [9.17, 15) is 13.2 Å². The minimum atomic E-state index is -3.66. The molecule has 0 aliphatic heterocycles. The SMILES string of the molecule is CCC(NC(=O)CN(c1cc(Cl)ccc1C)S(C)(=O)=O)c1ccc(C)c(C)c1. The summed E-state index contributed by atoms with van der Waals surface area (Å²) in [5, 5.41) is 3.37. The molecule has 1 N–H and O–H groups in total. The van der Waals surface area contributed by atoms with Crippen molar-refractivity contribution in [2.75, 3.05) is 17.1 Å². The molecular weight excluding hydrogens is 396 g/mol. The Hall–Kier alpha value is -2.05. The van der Waals surface area contributed by atoms with Crippen LogP contribution in [0.25, 0.3) is 0 Å². The number of halogens is 1. The summed E-state index contributed by atoms with van der Waals surface area (Å²) < 4.78 is 25.8. The van der Waals surface area contributed by atoms with E-state index < -0.39 is 10.0 Å². The second-order valence-electron chi connectivity index (χ2n) is 7.07. The third-order valence-electron chi connectivity index (χ3n) is 4.80. The molecule has 0 heterocycles. The van der Waals surface area contributed by atoms with Crippen molar-refractivity contribution in [3.05, 3.63) is 63.7 Å². The van der Waals surface area contributed by atoms with Crippen molar-refractivity contribution < 1.29 is 13.2 Å². The Morgan fingerprint density at radius 2 is 1.71 bits per heavy atom. The van der Waals surface area contributed by atoms with Gasteiger partial charge in [0.25, 0.3) is 0 Å². The fraction of sp³-hybridized carbons (Fsp3) is 0.381. The zero-order valence-corrected chi connectivity index (χ0v) is 18.5. The number of carbonyl (C=O) groups excluding carboxylic acids is 1. The third-order valence-corrected chi connectivity index (χ3v) is 6.17. The molecule has 1 atom stereocenters. The Kier molecular flexibility index (Phi) is 7.12. The van der Waals surface area contributed by atoms with Gasteiger partial charge < -0.3 is 5.32 Å². The molecule has 5 nitrogen and oxygen atoms in total. The quantitative estimate of drug-likeness (QED) is 0.723. The monoisotopic (exact) mass is 422 g/mol. The highest BCUT2D eigenvalue weighted by atomic mass is 35.5. The molecule has 152 valence electrons. The molecule has 2 aromatic rings. The van der Waals surface area contributed by atoms with Crippen molar-refractivity contribution in [1.82, 2.24) is 5.32 Å². The molecule has 1 amide bonds. The summed E-state index contributed by atoms with van der Waals surface area (Å²) in [6.45, 7) is 7.53. The molecule has 0 saturated heterocycles. The van der Waals surface area contributed by atoms with E-state index in [0.717, 1.165) is 27.3 Å². The van der Waals surface area contributed by atoms with Crippen molar-refractivity contribution in [1.29, 1.82) is 0 Å². The van der Waals surface area contributed by atoms with E-state index in [0.29, 0.717) is 17.1 Å². The van der Waals surface area contributed by atoms with Crippen LogP contribution in [0.1, 0.15) is 41.6 Å². The fourth-order valence-electron chi connectivity index (χ4n) is 3.01. The molecule has 0 saturated carbocycles. The second kappa shape index (κ2) is 8.97. The molecule has 1 unspecified atom stereocenters. The summed E-state index contributed by atoms with van der Waals surface area (Å²) in [6, 6.07) is 10.9. The van der Waals surface area contributed by atoms with Crippen molar-refractivity contribution >= 4 is 33.2 Å². The van der Waals surface area contributed by atoms with Crippen LogP contribution in [0, 0.1) is 20.8 Å². The van der Waals surface area contributed by atoms with Crippen LogP contribution in [0.2, 0.25) is 5.02 Å². The number of amides is 1. The van der Waals surface area contributed by atoms with Crippen molar-refractivity contribution in [3.8, 4) is 0 Å². The van der Waals surface area contributed by atoms with Crippen LogP contribution in [0.5, 0.6) is 0 Å². The van der Waals surface area contributed by atoms with Crippen LogP contribution >= 0.6 is 11.6 Å². The summed E-state index contributed by atoms with van der Waals surface area (Å²) in [7, 11) is -3.66. The predicted molar refractivity (Wildman–Crippen MR) is 115 cm³/mol. The molecule has 2 aromatic carbocycles. The lowest BCUT2D eigenvalue weighted by Crippen LogP contribution is -2.41. The fourth-order valence-corrected chi connectivity index (χ4v) is 4.08. The summed E-state index contributed by atoms with van der Waals surface area (Å²) in [5.41, 5.74) is 4.47. The lowest BCUT2D eigenvalue weighted by Gasteiger charge is -2.25. The van der Waals surface area contributed by atoms with Gasteiger partial charge in [-0.2, -0.15) is 0 Å². The average Bonchev–Trinajstić information content (AvgIpc) is 2.61. The zero-order chi connectivity index (χ0) is 21.1. The van der Waals surface area contributed by atoms with E-state index in [4.69, 9.17) is 11.6 Å². The van der Waals surface area contributed by atoms with Gasteiger partial charge in [-0.15, -0.1) is 0 Å². The smallest absolute Gasteiger partial charge is 0.241 e. The van der Waals surface area contributed by atoms with Crippen LogP contribution < -0.4 is 9.62 Å². The molecule has 7 heteroatoms. The minimum absolute atomic E-state index is 0.186. The van der Waals surface area contributed by atoms with Gasteiger partial charge >= 0.3 is 0 Å². The lowest BCUT2D eigenvalue weighted by molar-refractivity contribution is -0.120. The van der Waals surface area contributed by atoms with Crippen molar-refractivity contribution in [2.24, 2.45) is 0 Å². The predicted octanol–water partition coefficient (Wildman–Crippen LogP) is 4.30. The van der Waals surface area contributed by atoms with Gasteiger partial charge in [0.2, 0.25) is 15.9 Å². The minimum Gasteiger partial charge on any atom is -0.348 e. The maximum atomic E-state index is 12.7. The molecule has 0 spiro atoms. The van der Waals surface area contributed by atoms with Crippen molar-refractivity contribution in [3.63, 3.8) is 0 Å². The van der Waals surface area contributed by atoms with Crippen LogP contribution in [-0.2, 0) is 14.8 Å². The van der Waals surface area contributed by atoms with Gasteiger partial charge in [0.05, 0.1) is 18.0 Å². The summed E-state index contributed by atoms with van der Waals surface area (Å²) >= 11 is 6.04. The molecule has 2 rings (SSSR count). The van der Waals surface area contributed by atoms with Crippen LogP contribution in [0.3, 0.4) is 0 Å². The van der Waals surface area contributed by atoms with E-state index in [1.54, 1.807) is 25.1 Å². The molecule has 28 heavy (non-hydrogen) atoms. The highest BCUT2D eigenvalue weighted by molar-refractivity contribution is 7.92. The van der Waals surface area contributed by atoms with E-state index in [1.807, 2.05) is 32.9 Å². The molecule has 0 aliphatic rings. The normalized spacial score (nSPS) is 12.5. The Bertz CT molecular complexity index is 974. The van der Waals surface area contributed by atoms with Gasteiger partial charge in [-0.25, -0.2) is 8.42 Å². The highest BCUT2D eigenvalue weighted by Crippen LogP contribution is 2.26. The summed E-state index contributed by atoms with van der Waals surface area (Å²) in [5.74, 6) is -0.366. The molecular formula is C21H27ClN2O3S. The Balaban J connectivity index is 2.25. The number of sulfonamides is 1. The van der Waals surface area contributed by atoms with Gasteiger partial charge in [-0.3, -0.25) is 9.10 Å². The van der Waals surface area contributed by atoms with Gasteiger partial charge in [-0.1, -0.05) is 42.8 Å². The summed E-state index contributed by atoms with van der Waals surface area (Å²) in [6.07, 6.45) is 1.78. The largest absolute Gasteiger partial charge is 0.348 e. The molecule has 0 aromatic heterocycles. The van der Waals surface area contributed by atoms with Gasteiger partial charge in [0.1, 0.15) is 6.54 Å². The van der Waals surface area contributed by atoms with E-state index in [1.165, 1.54) is 5.56 Å². The maximum absolute atomic E-state index is 12.7. The first-order chi connectivity index (χ1) is 13.0. The maximum Gasteiger partial charge on any atom is 0.241 e. The third kappa shape index (κ3) is 5.49. The Morgan fingerprint density at radius 1 is 1.07 bits per heavy atom. The molecule has 0 fully saturated rings. The molecule has 0 bridgehead atoms. The topological polar surface area (TPSA) is 66.5 Å². The average molecular weight is 423 g/mol.